The Balaban J connectivity index is 2.03. The van der Waals surface area contributed by atoms with Crippen molar-refractivity contribution in [3.8, 4) is 5.75 Å². The van der Waals surface area contributed by atoms with E-state index in [0.29, 0.717) is 5.39 Å². The maximum atomic E-state index is 12.0. The average molecular weight is 473 g/mol. The fourth-order valence-electron chi connectivity index (χ4n) is 3.41. The Kier molecular flexibility index (Phi) is 5.09. The van der Waals surface area contributed by atoms with Gasteiger partial charge in [-0.3, -0.25) is 9.11 Å². The summed E-state index contributed by atoms with van der Waals surface area (Å²) in [7, 11) is -9.62. The van der Waals surface area contributed by atoms with E-state index in [2.05, 4.69) is 10.2 Å². The Morgan fingerprint density at radius 2 is 1.47 bits per heavy atom. The molecule has 0 bridgehead atoms. The van der Waals surface area contributed by atoms with Crippen LogP contribution in [0.1, 0.15) is 0 Å². The molecule has 0 amide bonds. The molecule has 0 saturated carbocycles. The lowest BCUT2D eigenvalue weighted by Crippen LogP contribution is -2.00. The molecule has 0 radical (unpaired) electrons. The zero-order valence-corrected chi connectivity index (χ0v) is 17.7. The summed E-state index contributed by atoms with van der Waals surface area (Å²) in [5.41, 5.74) is 5.03. The van der Waals surface area contributed by atoms with Crippen LogP contribution < -0.4 is 5.73 Å². The molecule has 4 rings (SSSR count). The van der Waals surface area contributed by atoms with E-state index in [1.807, 2.05) is 0 Å². The number of phenolic OH excluding ortho intramolecular Hbond substituents is 1. The van der Waals surface area contributed by atoms with Crippen LogP contribution in [-0.4, -0.2) is 31.0 Å². The molecular formula is C20H15N3O7S2. The van der Waals surface area contributed by atoms with Crippen LogP contribution in [0.2, 0.25) is 0 Å². The number of hydrogen-bond donors (Lipinski definition) is 4. The highest BCUT2D eigenvalue weighted by Crippen LogP contribution is 2.44. The SMILES string of the molecule is Nc1cccc2cc(S(=O)(=O)O)c(N=Nc3ccc4ccccc4c3S(=O)(=O)O)c(O)c12. The van der Waals surface area contributed by atoms with Crippen molar-refractivity contribution in [3.63, 3.8) is 0 Å². The Morgan fingerprint density at radius 1 is 0.781 bits per heavy atom. The third kappa shape index (κ3) is 3.76. The second-order valence-corrected chi connectivity index (χ2v) is 9.55. The number of benzene rings is 4. The molecule has 4 aromatic rings. The van der Waals surface area contributed by atoms with Crippen molar-refractivity contribution >= 4 is 58.8 Å². The second kappa shape index (κ2) is 7.53. The van der Waals surface area contributed by atoms with Gasteiger partial charge < -0.3 is 10.8 Å². The minimum Gasteiger partial charge on any atom is -0.505 e. The molecular weight excluding hydrogens is 458 g/mol. The summed E-state index contributed by atoms with van der Waals surface area (Å²) in [6, 6.07) is 14.6. The van der Waals surface area contributed by atoms with Crippen LogP contribution in [0.3, 0.4) is 0 Å². The summed E-state index contributed by atoms with van der Waals surface area (Å²) in [6.45, 7) is 0. The minimum atomic E-state index is -4.86. The van der Waals surface area contributed by atoms with Gasteiger partial charge in [0.1, 0.15) is 21.2 Å². The number of fused-ring (bicyclic) bond motifs is 2. The van der Waals surface area contributed by atoms with Crippen molar-refractivity contribution in [1.82, 2.24) is 0 Å². The first-order chi connectivity index (χ1) is 15.0. The molecule has 0 aromatic heterocycles. The molecule has 164 valence electrons. The molecule has 10 nitrogen and oxygen atoms in total. The molecule has 0 heterocycles. The van der Waals surface area contributed by atoms with E-state index in [1.165, 1.54) is 36.4 Å². The smallest absolute Gasteiger partial charge is 0.297 e. The van der Waals surface area contributed by atoms with Gasteiger partial charge in [0.2, 0.25) is 0 Å². The van der Waals surface area contributed by atoms with Gasteiger partial charge in [-0.1, -0.05) is 42.5 Å². The molecule has 0 spiro atoms. The van der Waals surface area contributed by atoms with Crippen molar-refractivity contribution in [2.45, 2.75) is 9.79 Å². The van der Waals surface area contributed by atoms with Crippen molar-refractivity contribution in [2.75, 3.05) is 5.73 Å². The third-order valence-electron chi connectivity index (χ3n) is 4.76. The van der Waals surface area contributed by atoms with Gasteiger partial charge in [-0.25, -0.2) is 0 Å². The standard InChI is InChI=1S/C20H15N3O7S2/c21-14-7-3-5-12-10-16(31(25,26)27)18(19(24)17(12)14)23-22-15-9-8-11-4-1-2-6-13(11)20(15)32(28,29)30/h1-10,24H,21H2,(H,25,26,27)(H,28,29,30). The van der Waals surface area contributed by atoms with E-state index in [9.17, 15) is 31.0 Å². The van der Waals surface area contributed by atoms with E-state index < -0.39 is 41.5 Å². The zero-order chi connectivity index (χ0) is 23.3. The summed E-state index contributed by atoms with van der Waals surface area (Å²) >= 11 is 0. The number of nitrogens with two attached hydrogens (primary N) is 1. The molecule has 12 heteroatoms. The summed E-state index contributed by atoms with van der Waals surface area (Å²) in [4.78, 5) is -1.31. The van der Waals surface area contributed by atoms with E-state index in [1.54, 1.807) is 18.2 Å². The zero-order valence-electron chi connectivity index (χ0n) is 16.0. The van der Waals surface area contributed by atoms with Gasteiger partial charge in [0, 0.05) is 16.5 Å². The molecule has 0 unspecified atom stereocenters. The molecule has 32 heavy (non-hydrogen) atoms. The highest BCUT2D eigenvalue weighted by molar-refractivity contribution is 7.86. The average Bonchev–Trinajstić information content (AvgIpc) is 2.70. The Bertz CT molecular complexity index is 1650. The van der Waals surface area contributed by atoms with Crippen molar-refractivity contribution in [3.05, 3.63) is 60.7 Å². The van der Waals surface area contributed by atoms with E-state index in [4.69, 9.17) is 5.73 Å². The van der Waals surface area contributed by atoms with Crippen molar-refractivity contribution in [1.29, 1.82) is 0 Å². The van der Waals surface area contributed by atoms with Gasteiger partial charge in [-0.2, -0.15) is 16.8 Å². The largest absolute Gasteiger partial charge is 0.505 e. The van der Waals surface area contributed by atoms with Crippen LogP contribution in [0.15, 0.2) is 80.7 Å². The Labute approximate surface area is 182 Å². The van der Waals surface area contributed by atoms with Crippen molar-refractivity contribution in [2.24, 2.45) is 10.2 Å². The predicted octanol–water partition coefficient (Wildman–Crippen LogP) is 4.19. The highest BCUT2D eigenvalue weighted by atomic mass is 32.2. The Morgan fingerprint density at radius 3 is 2.16 bits per heavy atom. The summed E-state index contributed by atoms with van der Waals surface area (Å²) in [6.07, 6.45) is 0. The van der Waals surface area contributed by atoms with Crippen LogP contribution in [0, 0.1) is 0 Å². The number of nitrogens with zero attached hydrogens (tertiary/aromatic N) is 2. The normalized spacial score (nSPS) is 12.7. The van der Waals surface area contributed by atoms with Gasteiger partial charge in [0.25, 0.3) is 20.2 Å². The first-order valence-electron chi connectivity index (χ1n) is 8.91. The number of hydrogen-bond acceptors (Lipinski definition) is 8. The lowest BCUT2D eigenvalue weighted by atomic mass is 10.1. The van der Waals surface area contributed by atoms with Gasteiger partial charge in [-0.15, -0.1) is 10.2 Å². The van der Waals surface area contributed by atoms with E-state index in [0.717, 1.165) is 6.07 Å². The van der Waals surface area contributed by atoms with Crippen LogP contribution in [0.5, 0.6) is 5.75 Å². The topological polar surface area (TPSA) is 180 Å². The molecule has 0 fully saturated rings. The Hall–Kier alpha value is -3.58. The first kappa shape index (κ1) is 21.6. The third-order valence-corrected chi connectivity index (χ3v) is 6.57. The molecule has 4 aromatic carbocycles. The van der Waals surface area contributed by atoms with Gasteiger partial charge in [0.15, 0.2) is 5.75 Å². The maximum absolute atomic E-state index is 12.0. The van der Waals surface area contributed by atoms with Gasteiger partial charge in [-0.05, 0) is 29.0 Å². The van der Waals surface area contributed by atoms with E-state index >= 15 is 0 Å². The highest BCUT2D eigenvalue weighted by Gasteiger charge is 2.24. The lowest BCUT2D eigenvalue weighted by molar-refractivity contribution is 0.472. The molecule has 0 aliphatic carbocycles. The predicted molar refractivity (Wildman–Crippen MR) is 118 cm³/mol. The van der Waals surface area contributed by atoms with Crippen LogP contribution in [0.4, 0.5) is 17.1 Å². The number of nitrogen functional groups attached to an aromatic ring is 1. The van der Waals surface area contributed by atoms with Crippen LogP contribution in [-0.2, 0) is 20.2 Å². The van der Waals surface area contributed by atoms with Gasteiger partial charge in [0.05, 0.1) is 0 Å². The molecule has 0 aliphatic heterocycles. The molecule has 0 atom stereocenters. The fourth-order valence-corrected chi connectivity index (χ4v) is 4.90. The quantitative estimate of drug-likeness (QED) is 0.193. The number of aromatic hydroxyl groups is 1. The molecule has 5 N–H and O–H groups in total. The monoisotopic (exact) mass is 473 g/mol. The van der Waals surface area contributed by atoms with Crippen molar-refractivity contribution < 1.29 is 31.0 Å². The number of phenols is 1. The summed E-state index contributed by atoms with van der Waals surface area (Å²) < 4.78 is 67.3. The maximum Gasteiger partial charge on any atom is 0.297 e. The minimum absolute atomic E-state index is 0.0716. The number of rotatable bonds is 4. The molecule has 0 saturated heterocycles. The second-order valence-electron chi connectivity index (χ2n) is 6.80. The fraction of sp³-hybridized carbons (Fsp3) is 0. The number of azo groups is 1. The van der Waals surface area contributed by atoms with E-state index in [-0.39, 0.29) is 27.5 Å². The van der Waals surface area contributed by atoms with Crippen LogP contribution >= 0.6 is 0 Å². The number of anilines is 1. The summed E-state index contributed by atoms with van der Waals surface area (Å²) in [5.74, 6) is -0.675. The molecule has 0 aliphatic rings. The van der Waals surface area contributed by atoms with Crippen LogP contribution in [0.25, 0.3) is 21.5 Å². The van der Waals surface area contributed by atoms with Gasteiger partial charge >= 0.3 is 0 Å². The first-order valence-corrected chi connectivity index (χ1v) is 11.8. The summed E-state index contributed by atoms with van der Waals surface area (Å²) in [5, 5.41) is 19.1. The lowest BCUT2D eigenvalue weighted by Gasteiger charge is -2.11.